The van der Waals surface area contributed by atoms with Crippen LogP contribution in [0, 0.1) is 5.82 Å². The highest BCUT2D eigenvalue weighted by atomic mass is 19.1. The molecule has 154 valence electrons. The summed E-state index contributed by atoms with van der Waals surface area (Å²) in [6.45, 7) is 1.34. The number of fused-ring (bicyclic) bond motifs is 1. The van der Waals surface area contributed by atoms with Gasteiger partial charge < -0.3 is 9.84 Å². The van der Waals surface area contributed by atoms with Gasteiger partial charge in [-0.1, -0.05) is 36.4 Å². The number of carbonyl (C=O) groups is 2. The van der Waals surface area contributed by atoms with Gasteiger partial charge in [-0.25, -0.2) is 9.18 Å². The first-order valence-electron chi connectivity index (χ1n) is 9.64. The van der Waals surface area contributed by atoms with Crippen LogP contribution in [0.15, 0.2) is 66.7 Å². The van der Waals surface area contributed by atoms with Crippen molar-refractivity contribution in [1.82, 2.24) is 4.90 Å². The smallest absolute Gasteiger partial charge is 0.332 e. The third-order valence-corrected chi connectivity index (χ3v) is 5.13. The fraction of sp³-hybridized carbons (Fsp3) is 0.217. The molecular formula is C23H21FN2O4. The lowest BCUT2D eigenvalue weighted by Gasteiger charge is -2.21. The topological polar surface area (TPSA) is 70.1 Å². The predicted molar refractivity (Wildman–Crippen MR) is 111 cm³/mol. The first-order valence-corrected chi connectivity index (χ1v) is 9.64. The van der Waals surface area contributed by atoms with E-state index in [4.69, 9.17) is 4.74 Å². The fourth-order valence-electron chi connectivity index (χ4n) is 3.60. The minimum absolute atomic E-state index is 0.0734. The maximum atomic E-state index is 13.2. The van der Waals surface area contributed by atoms with E-state index >= 15 is 0 Å². The molecule has 7 heteroatoms. The minimum atomic E-state index is -1.06. The van der Waals surface area contributed by atoms with E-state index < -0.39 is 29.9 Å². The number of ether oxygens (including phenoxy) is 1. The summed E-state index contributed by atoms with van der Waals surface area (Å²) in [5.74, 6) is -0.233. The third kappa shape index (κ3) is 3.71. The van der Waals surface area contributed by atoms with E-state index in [1.54, 1.807) is 13.0 Å². The molecule has 4 rings (SSSR count). The van der Waals surface area contributed by atoms with Crippen LogP contribution in [0.2, 0.25) is 0 Å². The van der Waals surface area contributed by atoms with E-state index in [2.05, 4.69) is 0 Å². The number of benzene rings is 3. The van der Waals surface area contributed by atoms with Crippen LogP contribution >= 0.6 is 0 Å². The molecule has 1 heterocycles. The molecule has 0 bridgehead atoms. The zero-order valence-electron chi connectivity index (χ0n) is 16.4. The van der Waals surface area contributed by atoms with Crippen molar-refractivity contribution in [3.63, 3.8) is 0 Å². The quantitative estimate of drug-likeness (QED) is 0.633. The summed E-state index contributed by atoms with van der Waals surface area (Å²) in [6, 6.07) is 17.4. The maximum absolute atomic E-state index is 13.2. The lowest BCUT2D eigenvalue weighted by Crippen LogP contribution is -2.40. The zero-order valence-corrected chi connectivity index (χ0v) is 16.4. The van der Waals surface area contributed by atoms with Crippen LogP contribution < -0.4 is 9.64 Å². The summed E-state index contributed by atoms with van der Waals surface area (Å²) in [5.41, 5.74) is 0.422. The number of halogens is 1. The Morgan fingerprint density at radius 1 is 1.03 bits per heavy atom. The molecule has 1 N–H and O–H groups in total. The van der Waals surface area contributed by atoms with Crippen molar-refractivity contribution in [2.45, 2.75) is 19.1 Å². The molecular weight excluding hydrogens is 387 g/mol. The van der Waals surface area contributed by atoms with Gasteiger partial charge in [0.2, 0.25) is 0 Å². The summed E-state index contributed by atoms with van der Waals surface area (Å²) in [7, 11) is 0. The van der Waals surface area contributed by atoms with Gasteiger partial charge in [-0.05, 0) is 42.6 Å². The fourth-order valence-corrected chi connectivity index (χ4v) is 3.60. The van der Waals surface area contributed by atoms with Gasteiger partial charge in [-0.3, -0.25) is 14.6 Å². The highest BCUT2D eigenvalue weighted by molar-refractivity contribution is 6.14. The molecule has 0 aromatic heterocycles. The van der Waals surface area contributed by atoms with E-state index in [0.29, 0.717) is 11.4 Å². The Balaban J connectivity index is 1.43. The second-order valence-electron chi connectivity index (χ2n) is 7.20. The number of aliphatic hydroxyl groups excluding tert-OH is 1. The van der Waals surface area contributed by atoms with E-state index in [1.807, 2.05) is 36.4 Å². The molecule has 0 aliphatic carbocycles. The second-order valence-corrected chi connectivity index (χ2v) is 7.20. The molecule has 0 unspecified atom stereocenters. The number of hydrogen-bond acceptors (Lipinski definition) is 4. The normalized spacial score (nSPS) is 17.6. The average molecular weight is 408 g/mol. The van der Waals surface area contributed by atoms with Crippen LogP contribution in [0.4, 0.5) is 14.9 Å². The molecule has 3 amide bonds. The predicted octanol–water partition coefficient (Wildman–Crippen LogP) is 3.58. The molecule has 0 spiro atoms. The number of β-amino-alcohol motifs (C(OH)–C–C–N with tert-alkyl or cyclic N) is 1. The maximum Gasteiger partial charge on any atom is 0.332 e. The first kappa shape index (κ1) is 19.8. The molecule has 1 saturated heterocycles. The van der Waals surface area contributed by atoms with Crippen molar-refractivity contribution >= 4 is 28.4 Å². The van der Waals surface area contributed by atoms with Crippen molar-refractivity contribution in [2.24, 2.45) is 0 Å². The van der Waals surface area contributed by atoms with Crippen molar-refractivity contribution < 1.29 is 23.8 Å². The van der Waals surface area contributed by atoms with E-state index in [-0.39, 0.29) is 13.2 Å². The highest BCUT2D eigenvalue weighted by Crippen LogP contribution is 2.27. The average Bonchev–Trinajstić information content (AvgIpc) is 2.96. The molecule has 3 aromatic carbocycles. The lowest BCUT2D eigenvalue weighted by atomic mass is 10.1. The van der Waals surface area contributed by atoms with E-state index in [9.17, 15) is 19.1 Å². The molecule has 3 aromatic rings. The standard InChI is InChI=1S/C23H21FN2O4/c1-15-22(28)25(23(29)26(15)18-11-9-17(24)10-12-18)13-19(27)14-30-21-8-4-6-16-5-2-3-7-20(16)21/h2-12,15,19,27H,13-14H2,1H3/t15-,19+/m1/s1. The molecule has 0 radical (unpaired) electrons. The van der Waals surface area contributed by atoms with Crippen molar-refractivity contribution in [3.8, 4) is 5.75 Å². The molecule has 0 saturated carbocycles. The monoisotopic (exact) mass is 408 g/mol. The van der Waals surface area contributed by atoms with Gasteiger partial charge in [-0.2, -0.15) is 0 Å². The van der Waals surface area contributed by atoms with E-state index in [1.165, 1.54) is 29.2 Å². The molecule has 30 heavy (non-hydrogen) atoms. The van der Waals surface area contributed by atoms with Gasteiger partial charge in [0.05, 0.1) is 6.54 Å². The van der Waals surface area contributed by atoms with Crippen molar-refractivity contribution in [3.05, 3.63) is 72.5 Å². The van der Waals surface area contributed by atoms with Gasteiger partial charge in [0.15, 0.2) is 0 Å². The van der Waals surface area contributed by atoms with E-state index in [0.717, 1.165) is 15.7 Å². The lowest BCUT2D eigenvalue weighted by molar-refractivity contribution is -0.128. The van der Waals surface area contributed by atoms with Gasteiger partial charge in [-0.15, -0.1) is 0 Å². The Morgan fingerprint density at radius 3 is 2.50 bits per heavy atom. The van der Waals surface area contributed by atoms with Crippen LogP contribution in [0.25, 0.3) is 10.8 Å². The highest BCUT2D eigenvalue weighted by Gasteiger charge is 2.43. The molecule has 6 nitrogen and oxygen atoms in total. The Morgan fingerprint density at radius 2 is 1.73 bits per heavy atom. The van der Waals surface area contributed by atoms with Crippen LogP contribution in [0.1, 0.15) is 6.92 Å². The Bertz CT molecular complexity index is 1080. The number of aliphatic hydroxyl groups is 1. The SMILES string of the molecule is C[C@@H]1C(=O)N(C[C@H](O)COc2cccc3ccccc23)C(=O)N1c1ccc(F)cc1. The molecule has 2 atom stereocenters. The third-order valence-electron chi connectivity index (χ3n) is 5.13. The van der Waals surface area contributed by atoms with Gasteiger partial charge >= 0.3 is 6.03 Å². The summed E-state index contributed by atoms with van der Waals surface area (Å²) in [6.07, 6.45) is -1.06. The number of hydrogen-bond donors (Lipinski definition) is 1. The number of nitrogens with zero attached hydrogens (tertiary/aromatic N) is 2. The summed E-state index contributed by atoms with van der Waals surface area (Å²) in [5, 5.41) is 12.3. The largest absolute Gasteiger partial charge is 0.490 e. The molecule has 1 aliphatic rings. The molecule has 1 aliphatic heterocycles. The number of carbonyl (C=O) groups excluding carboxylic acids is 2. The Hall–Kier alpha value is -3.45. The van der Waals surface area contributed by atoms with Gasteiger partial charge in [0.1, 0.15) is 30.3 Å². The Labute approximate surface area is 173 Å². The summed E-state index contributed by atoms with van der Waals surface area (Å²) < 4.78 is 18.9. The summed E-state index contributed by atoms with van der Waals surface area (Å²) >= 11 is 0. The van der Waals surface area contributed by atoms with Crippen molar-refractivity contribution in [2.75, 3.05) is 18.1 Å². The van der Waals surface area contributed by atoms with Gasteiger partial charge in [0.25, 0.3) is 5.91 Å². The van der Waals surface area contributed by atoms with Crippen LogP contribution in [-0.2, 0) is 4.79 Å². The second kappa shape index (κ2) is 8.12. The number of urea groups is 1. The van der Waals surface area contributed by atoms with Crippen LogP contribution in [0.5, 0.6) is 5.75 Å². The van der Waals surface area contributed by atoms with Gasteiger partial charge in [0, 0.05) is 11.1 Å². The first-order chi connectivity index (χ1) is 14.5. The molecule has 1 fully saturated rings. The number of anilines is 1. The zero-order chi connectivity index (χ0) is 21.3. The van der Waals surface area contributed by atoms with Crippen molar-refractivity contribution in [1.29, 1.82) is 0 Å². The number of rotatable bonds is 6. The Kier molecular flexibility index (Phi) is 5.37. The number of imide groups is 1. The van der Waals surface area contributed by atoms with Crippen LogP contribution in [-0.4, -0.2) is 47.2 Å². The minimum Gasteiger partial charge on any atom is -0.490 e. The summed E-state index contributed by atoms with van der Waals surface area (Å²) in [4.78, 5) is 27.7. The number of amides is 3. The van der Waals surface area contributed by atoms with Crippen LogP contribution in [0.3, 0.4) is 0 Å².